The van der Waals surface area contributed by atoms with Crippen LogP contribution in [-0.4, -0.2) is 6.36 Å². The highest BCUT2D eigenvalue weighted by Crippen LogP contribution is 2.32. The molecule has 3 nitrogen and oxygen atoms in total. The Morgan fingerprint density at radius 1 is 1.05 bits per heavy atom. The summed E-state index contributed by atoms with van der Waals surface area (Å²) in [5.41, 5.74) is 6.69. The highest BCUT2D eigenvalue weighted by molar-refractivity contribution is 6.33. The predicted molar refractivity (Wildman–Crippen MR) is 73.3 cm³/mol. The molecule has 0 radical (unpaired) electrons. The van der Waals surface area contributed by atoms with Gasteiger partial charge in [0.25, 0.3) is 0 Å². The summed E-state index contributed by atoms with van der Waals surface area (Å²) < 4.78 is 46.1. The van der Waals surface area contributed by atoms with Crippen molar-refractivity contribution in [1.82, 2.24) is 0 Å². The number of hydrogen-bond donors (Lipinski definition) is 1. The number of hydrogen-bond acceptors (Lipinski definition) is 3. The summed E-state index contributed by atoms with van der Waals surface area (Å²) in [4.78, 5) is 0. The van der Waals surface area contributed by atoms with Crippen molar-refractivity contribution in [1.29, 1.82) is 0 Å². The molecule has 0 unspecified atom stereocenters. The molecule has 0 saturated heterocycles. The standard InChI is InChI=1S/C14H11ClF3NO2/c15-10-6-5-9(7-11(10)19)8-20-12-3-1-2-4-13(12)21-14(16,17)18/h1-7H,8,19H2. The zero-order valence-electron chi connectivity index (χ0n) is 10.7. The van der Waals surface area contributed by atoms with Gasteiger partial charge in [0.1, 0.15) is 6.61 Å². The van der Waals surface area contributed by atoms with Crippen molar-refractivity contribution < 1.29 is 22.6 Å². The summed E-state index contributed by atoms with van der Waals surface area (Å²) >= 11 is 5.78. The minimum Gasteiger partial charge on any atom is -0.485 e. The maximum atomic E-state index is 12.3. The molecule has 0 saturated carbocycles. The van der Waals surface area contributed by atoms with Crippen molar-refractivity contribution in [2.24, 2.45) is 0 Å². The lowest BCUT2D eigenvalue weighted by Gasteiger charge is -2.14. The first kappa shape index (κ1) is 15.3. The molecule has 2 N–H and O–H groups in total. The van der Waals surface area contributed by atoms with E-state index < -0.39 is 12.1 Å². The smallest absolute Gasteiger partial charge is 0.485 e. The molecule has 112 valence electrons. The quantitative estimate of drug-likeness (QED) is 0.850. The van der Waals surface area contributed by atoms with Gasteiger partial charge in [-0.15, -0.1) is 13.2 Å². The van der Waals surface area contributed by atoms with Crippen LogP contribution in [0.3, 0.4) is 0 Å². The van der Waals surface area contributed by atoms with Gasteiger partial charge in [-0.1, -0.05) is 29.8 Å². The van der Waals surface area contributed by atoms with Crippen molar-refractivity contribution in [3.8, 4) is 11.5 Å². The second-order valence-corrected chi connectivity index (χ2v) is 4.55. The van der Waals surface area contributed by atoms with Gasteiger partial charge in [0, 0.05) is 0 Å². The Kier molecular flexibility index (Phi) is 4.47. The molecule has 0 heterocycles. The molecule has 0 fully saturated rings. The Balaban J connectivity index is 2.11. The number of anilines is 1. The van der Waals surface area contributed by atoms with Crippen molar-refractivity contribution in [2.75, 3.05) is 5.73 Å². The highest BCUT2D eigenvalue weighted by atomic mass is 35.5. The van der Waals surface area contributed by atoms with Crippen LogP contribution in [0, 0.1) is 0 Å². The third-order valence-electron chi connectivity index (χ3n) is 2.53. The number of rotatable bonds is 4. The lowest BCUT2D eigenvalue weighted by Crippen LogP contribution is -2.17. The van der Waals surface area contributed by atoms with Crippen LogP contribution < -0.4 is 15.2 Å². The zero-order valence-corrected chi connectivity index (χ0v) is 11.4. The lowest BCUT2D eigenvalue weighted by molar-refractivity contribution is -0.275. The van der Waals surface area contributed by atoms with E-state index in [4.69, 9.17) is 22.1 Å². The van der Waals surface area contributed by atoms with Crippen LogP contribution in [0.4, 0.5) is 18.9 Å². The summed E-state index contributed by atoms with van der Waals surface area (Å²) in [6.45, 7) is 0.0413. The molecule has 2 rings (SSSR count). The Morgan fingerprint density at radius 3 is 2.33 bits per heavy atom. The van der Waals surface area contributed by atoms with E-state index in [9.17, 15) is 13.2 Å². The average Bonchev–Trinajstić information content (AvgIpc) is 2.40. The Labute approximate surface area is 124 Å². The van der Waals surface area contributed by atoms with Crippen LogP contribution >= 0.6 is 11.6 Å². The van der Waals surface area contributed by atoms with Crippen LogP contribution in [0.5, 0.6) is 11.5 Å². The third kappa shape index (κ3) is 4.46. The van der Waals surface area contributed by atoms with Gasteiger partial charge in [-0.05, 0) is 29.8 Å². The normalized spacial score (nSPS) is 11.2. The molecule has 0 aliphatic heterocycles. The monoisotopic (exact) mass is 317 g/mol. The number of para-hydroxylation sites is 2. The predicted octanol–water partition coefficient (Wildman–Crippen LogP) is 4.40. The summed E-state index contributed by atoms with van der Waals surface area (Å²) in [6.07, 6.45) is -4.77. The number of nitrogens with two attached hydrogens (primary N) is 1. The molecular formula is C14H11ClF3NO2. The van der Waals surface area contributed by atoms with Crippen molar-refractivity contribution in [2.45, 2.75) is 13.0 Å². The molecule has 0 atom stereocenters. The van der Waals surface area contributed by atoms with Gasteiger partial charge in [0.2, 0.25) is 0 Å². The van der Waals surface area contributed by atoms with E-state index in [0.717, 1.165) is 0 Å². The van der Waals surface area contributed by atoms with E-state index in [1.807, 2.05) is 0 Å². The molecule has 0 spiro atoms. The van der Waals surface area contributed by atoms with Gasteiger partial charge in [-0.2, -0.15) is 0 Å². The largest absolute Gasteiger partial charge is 0.573 e. The SMILES string of the molecule is Nc1cc(COc2ccccc2OC(F)(F)F)ccc1Cl. The van der Waals surface area contributed by atoms with Gasteiger partial charge in [0.05, 0.1) is 10.7 Å². The van der Waals surface area contributed by atoms with Crippen LogP contribution in [0.1, 0.15) is 5.56 Å². The minimum atomic E-state index is -4.77. The lowest BCUT2D eigenvalue weighted by atomic mass is 10.2. The topological polar surface area (TPSA) is 44.5 Å². The first-order valence-corrected chi connectivity index (χ1v) is 6.24. The molecule has 0 bridgehead atoms. The van der Waals surface area contributed by atoms with Crippen LogP contribution in [-0.2, 0) is 6.61 Å². The number of alkyl halides is 3. The molecule has 0 aromatic heterocycles. The van der Waals surface area contributed by atoms with Gasteiger partial charge in [0.15, 0.2) is 11.5 Å². The second kappa shape index (κ2) is 6.13. The number of nitrogen functional groups attached to an aromatic ring is 1. The summed E-state index contributed by atoms with van der Waals surface area (Å²) in [7, 11) is 0. The minimum absolute atomic E-state index is 0.0108. The van der Waals surface area contributed by atoms with Crippen molar-refractivity contribution in [3.05, 3.63) is 53.1 Å². The molecule has 0 amide bonds. The highest BCUT2D eigenvalue weighted by Gasteiger charge is 2.32. The Hall–Kier alpha value is -2.08. The van der Waals surface area contributed by atoms with E-state index in [1.54, 1.807) is 24.3 Å². The van der Waals surface area contributed by atoms with Crippen LogP contribution in [0.2, 0.25) is 5.02 Å². The molecule has 2 aromatic carbocycles. The first-order valence-electron chi connectivity index (χ1n) is 5.86. The fourth-order valence-corrected chi connectivity index (χ4v) is 1.74. The Morgan fingerprint density at radius 2 is 1.71 bits per heavy atom. The summed E-state index contributed by atoms with van der Waals surface area (Å²) in [5, 5.41) is 0.402. The maximum absolute atomic E-state index is 12.3. The van der Waals surface area contributed by atoms with E-state index in [2.05, 4.69) is 4.74 Å². The van der Waals surface area contributed by atoms with Crippen molar-refractivity contribution >= 4 is 17.3 Å². The van der Waals surface area contributed by atoms with E-state index in [1.165, 1.54) is 18.2 Å². The van der Waals surface area contributed by atoms with Gasteiger partial charge in [-0.25, -0.2) is 0 Å². The molecule has 0 aliphatic rings. The van der Waals surface area contributed by atoms with Gasteiger partial charge < -0.3 is 15.2 Å². The molecular weight excluding hydrogens is 307 g/mol. The van der Waals surface area contributed by atoms with E-state index in [0.29, 0.717) is 16.3 Å². The van der Waals surface area contributed by atoms with Crippen molar-refractivity contribution in [3.63, 3.8) is 0 Å². The first-order chi connectivity index (χ1) is 9.85. The number of halogens is 4. The Bertz CT molecular complexity index is 632. The van der Waals surface area contributed by atoms with Crippen LogP contribution in [0.25, 0.3) is 0 Å². The average molecular weight is 318 g/mol. The summed E-state index contributed by atoms with van der Waals surface area (Å²) in [5.74, 6) is -0.407. The summed E-state index contributed by atoms with van der Waals surface area (Å²) in [6, 6.07) is 10.4. The van der Waals surface area contributed by atoms with Crippen LogP contribution in [0.15, 0.2) is 42.5 Å². The molecule has 0 aliphatic carbocycles. The second-order valence-electron chi connectivity index (χ2n) is 4.14. The molecule has 2 aromatic rings. The van der Waals surface area contributed by atoms with Gasteiger partial charge in [-0.3, -0.25) is 0 Å². The van der Waals surface area contributed by atoms with Gasteiger partial charge >= 0.3 is 6.36 Å². The third-order valence-corrected chi connectivity index (χ3v) is 2.87. The zero-order chi connectivity index (χ0) is 15.5. The molecule has 21 heavy (non-hydrogen) atoms. The number of ether oxygens (including phenoxy) is 2. The fourth-order valence-electron chi connectivity index (χ4n) is 1.62. The van der Waals surface area contributed by atoms with E-state index >= 15 is 0 Å². The van der Waals surface area contributed by atoms with E-state index in [-0.39, 0.29) is 12.4 Å². The maximum Gasteiger partial charge on any atom is 0.573 e. The molecule has 7 heteroatoms. The fraction of sp³-hybridized carbons (Fsp3) is 0.143. The number of benzene rings is 2.